The summed E-state index contributed by atoms with van der Waals surface area (Å²) in [6.07, 6.45) is 2.37. The van der Waals surface area contributed by atoms with Crippen LogP contribution < -0.4 is 14.8 Å². The van der Waals surface area contributed by atoms with E-state index in [1.165, 1.54) is 18.4 Å². The average molecular weight is 235 g/mol. The van der Waals surface area contributed by atoms with E-state index >= 15 is 0 Å². The van der Waals surface area contributed by atoms with Crippen LogP contribution in [0.1, 0.15) is 31.2 Å². The van der Waals surface area contributed by atoms with Crippen LogP contribution >= 0.6 is 0 Å². The third kappa shape index (κ3) is 2.39. The van der Waals surface area contributed by atoms with Crippen molar-refractivity contribution in [1.82, 2.24) is 5.32 Å². The Morgan fingerprint density at radius 2 is 2.00 bits per heavy atom. The first kappa shape index (κ1) is 12.2. The molecule has 94 valence electrons. The highest BCUT2D eigenvalue weighted by molar-refractivity contribution is 5.44. The molecular formula is C14H21NO2. The first-order chi connectivity index (χ1) is 8.30. The summed E-state index contributed by atoms with van der Waals surface area (Å²) in [6.45, 7) is 3.34. The van der Waals surface area contributed by atoms with Gasteiger partial charge in [-0.25, -0.2) is 0 Å². The fourth-order valence-electron chi connectivity index (χ4n) is 2.68. The van der Waals surface area contributed by atoms with E-state index in [1.54, 1.807) is 14.2 Å². The van der Waals surface area contributed by atoms with E-state index in [2.05, 4.69) is 24.4 Å². The molecule has 1 aliphatic heterocycles. The molecule has 17 heavy (non-hydrogen) atoms. The molecule has 1 heterocycles. The fourth-order valence-corrected chi connectivity index (χ4v) is 2.68. The molecule has 1 N–H and O–H groups in total. The molecule has 3 heteroatoms. The lowest BCUT2D eigenvalue weighted by Crippen LogP contribution is -2.24. The summed E-state index contributed by atoms with van der Waals surface area (Å²) in [5.41, 5.74) is 1.35. The minimum Gasteiger partial charge on any atom is -0.493 e. The summed E-state index contributed by atoms with van der Waals surface area (Å²) in [7, 11) is 3.36. The zero-order valence-electron chi connectivity index (χ0n) is 10.8. The molecule has 2 unspecified atom stereocenters. The van der Waals surface area contributed by atoms with Crippen molar-refractivity contribution in [3.8, 4) is 11.5 Å². The Morgan fingerprint density at radius 1 is 1.24 bits per heavy atom. The van der Waals surface area contributed by atoms with Crippen molar-refractivity contribution in [2.24, 2.45) is 0 Å². The lowest BCUT2D eigenvalue weighted by Gasteiger charge is -2.19. The first-order valence-corrected chi connectivity index (χ1v) is 6.25. The maximum absolute atomic E-state index is 5.36. The number of ether oxygens (including phenoxy) is 2. The molecule has 0 amide bonds. The molecule has 2 rings (SSSR count). The third-order valence-electron chi connectivity index (χ3n) is 3.62. The van der Waals surface area contributed by atoms with Crippen LogP contribution in [0, 0.1) is 0 Å². The molecule has 1 aromatic rings. The molecule has 3 nitrogen and oxygen atoms in total. The Balaban J connectivity index is 2.26. The molecule has 0 aliphatic carbocycles. The number of hydrogen-bond acceptors (Lipinski definition) is 3. The second-order valence-corrected chi connectivity index (χ2v) is 4.48. The largest absolute Gasteiger partial charge is 0.493 e. The van der Waals surface area contributed by atoms with Gasteiger partial charge in [-0.15, -0.1) is 0 Å². The molecule has 1 fully saturated rings. The van der Waals surface area contributed by atoms with E-state index in [-0.39, 0.29) is 0 Å². The van der Waals surface area contributed by atoms with Gasteiger partial charge in [-0.3, -0.25) is 0 Å². The summed E-state index contributed by atoms with van der Waals surface area (Å²) in [5.74, 6) is 2.22. The zero-order chi connectivity index (χ0) is 12.3. The maximum Gasteiger partial charge on any atom is 0.160 e. The van der Waals surface area contributed by atoms with Gasteiger partial charge in [-0.05, 0) is 37.1 Å². The summed E-state index contributed by atoms with van der Waals surface area (Å²) in [5, 5.41) is 3.55. The van der Waals surface area contributed by atoms with Crippen molar-refractivity contribution >= 4 is 0 Å². The number of methoxy groups -OCH3 is 2. The topological polar surface area (TPSA) is 30.5 Å². The van der Waals surface area contributed by atoms with E-state index in [9.17, 15) is 0 Å². The zero-order valence-corrected chi connectivity index (χ0v) is 10.8. The van der Waals surface area contributed by atoms with Crippen LogP contribution in [0.15, 0.2) is 18.2 Å². The Bertz CT molecular complexity index is 378. The van der Waals surface area contributed by atoms with Gasteiger partial charge in [0.05, 0.1) is 14.2 Å². The number of nitrogens with one attached hydrogen (secondary N) is 1. The fraction of sp³-hybridized carbons (Fsp3) is 0.571. The average Bonchev–Trinajstić information content (AvgIpc) is 2.86. The van der Waals surface area contributed by atoms with Gasteiger partial charge in [0, 0.05) is 12.0 Å². The van der Waals surface area contributed by atoms with Crippen LogP contribution in [0.4, 0.5) is 0 Å². The van der Waals surface area contributed by atoms with Gasteiger partial charge in [0.2, 0.25) is 0 Å². The second-order valence-electron chi connectivity index (χ2n) is 4.48. The molecule has 1 saturated heterocycles. The second kappa shape index (κ2) is 5.41. The number of rotatable bonds is 4. The van der Waals surface area contributed by atoms with Crippen molar-refractivity contribution in [2.75, 3.05) is 20.8 Å². The summed E-state index contributed by atoms with van der Waals surface area (Å²) in [4.78, 5) is 0. The minimum atomic E-state index is 0.591. The predicted molar refractivity (Wildman–Crippen MR) is 69.0 cm³/mol. The highest BCUT2D eigenvalue weighted by Gasteiger charge is 2.27. The Kier molecular flexibility index (Phi) is 3.89. The summed E-state index contributed by atoms with van der Waals surface area (Å²) < 4.78 is 10.6. The van der Waals surface area contributed by atoms with Crippen LogP contribution in [0.25, 0.3) is 0 Å². The molecule has 0 bridgehead atoms. The highest BCUT2D eigenvalue weighted by Crippen LogP contribution is 2.35. The molecular weight excluding hydrogens is 214 g/mol. The third-order valence-corrected chi connectivity index (χ3v) is 3.62. The molecule has 0 radical (unpaired) electrons. The minimum absolute atomic E-state index is 0.591. The smallest absolute Gasteiger partial charge is 0.160 e. The van der Waals surface area contributed by atoms with E-state index < -0.39 is 0 Å². The van der Waals surface area contributed by atoms with Crippen LogP contribution in [-0.4, -0.2) is 26.8 Å². The molecule has 1 aliphatic rings. The Morgan fingerprint density at radius 3 is 2.65 bits per heavy atom. The van der Waals surface area contributed by atoms with Gasteiger partial charge in [-0.1, -0.05) is 13.0 Å². The molecule has 0 spiro atoms. The van der Waals surface area contributed by atoms with Crippen molar-refractivity contribution in [2.45, 2.75) is 31.7 Å². The van der Waals surface area contributed by atoms with Gasteiger partial charge in [0.1, 0.15) is 0 Å². The van der Waals surface area contributed by atoms with E-state index in [1.807, 2.05) is 6.07 Å². The van der Waals surface area contributed by atoms with Gasteiger partial charge in [0.15, 0.2) is 11.5 Å². The SMILES string of the molecule is CCC1NCCC1c1ccc(OC)c(OC)c1. The molecule has 0 saturated carbocycles. The van der Waals surface area contributed by atoms with E-state index in [0.29, 0.717) is 12.0 Å². The Hall–Kier alpha value is -1.22. The van der Waals surface area contributed by atoms with Crippen LogP contribution in [0.2, 0.25) is 0 Å². The molecule has 0 aromatic heterocycles. The Labute approximate surface area is 103 Å². The summed E-state index contributed by atoms with van der Waals surface area (Å²) >= 11 is 0. The van der Waals surface area contributed by atoms with E-state index in [4.69, 9.17) is 9.47 Å². The quantitative estimate of drug-likeness (QED) is 0.870. The van der Waals surface area contributed by atoms with Crippen molar-refractivity contribution in [3.05, 3.63) is 23.8 Å². The van der Waals surface area contributed by atoms with Crippen LogP contribution in [0.3, 0.4) is 0 Å². The first-order valence-electron chi connectivity index (χ1n) is 6.25. The van der Waals surface area contributed by atoms with Gasteiger partial charge >= 0.3 is 0 Å². The van der Waals surface area contributed by atoms with Gasteiger partial charge in [-0.2, -0.15) is 0 Å². The normalized spacial score (nSPS) is 23.7. The van der Waals surface area contributed by atoms with Crippen molar-refractivity contribution < 1.29 is 9.47 Å². The van der Waals surface area contributed by atoms with Gasteiger partial charge in [0.25, 0.3) is 0 Å². The van der Waals surface area contributed by atoms with Crippen molar-refractivity contribution in [3.63, 3.8) is 0 Å². The van der Waals surface area contributed by atoms with Crippen LogP contribution in [0.5, 0.6) is 11.5 Å². The van der Waals surface area contributed by atoms with Gasteiger partial charge < -0.3 is 14.8 Å². The van der Waals surface area contributed by atoms with E-state index in [0.717, 1.165) is 18.0 Å². The lowest BCUT2D eigenvalue weighted by molar-refractivity contribution is 0.354. The maximum atomic E-state index is 5.36. The predicted octanol–water partition coefficient (Wildman–Crippen LogP) is 2.56. The molecule has 2 atom stereocenters. The molecule has 1 aromatic carbocycles. The van der Waals surface area contributed by atoms with Crippen molar-refractivity contribution in [1.29, 1.82) is 0 Å². The van der Waals surface area contributed by atoms with Crippen LogP contribution in [-0.2, 0) is 0 Å². The number of benzene rings is 1. The standard InChI is InChI=1S/C14H21NO2/c1-4-12-11(7-8-15-12)10-5-6-13(16-2)14(9-10)17-3/h5-6,9,11-12,15H,4,7-8H2,1-3H3. The summed E-state index contributed by atoms with van der Waals surface area (Å²) in [6, 6.07) is 6.85. The monoisotopic (exact) mass is 235 g/mol. The highest BCUT2D eigenvalue weighted by atomic mass is 16.5. The lowest BCUT2D eigenvalue weighted by atomic mass is 9.90. The number of hydrogen-bond donors (Lipinski definition) is 1.